The average Bonchev–Trinajstić information content (AvgIpc) is 2.60. The number of hydrogen-bond donors (Lipinski definition) is 0. The molecule has 0 radical (unpaired) electrons. The van der Waals surface area contributed by atoms with Crippen molar-refractivity contribution < 1.29 is 14.2 Å². The van der Waals surface area contributed by atoms with E-state index in [1.807, 2.05) is 49.4 Å². The van der Waals surface area contributed by atoms with Crippen molar-refractivity contribution in [1.29, 1.82) is 5.26 Å². The predicted molar refractivity (Wildman–Crippen MR) is 87.1 cm³/mol. The second kappa shape index (κ2) is 7.06. The highest BCUT2D eigenvalue weighted by Crippen LogP contribution is 2.33. The Bertz CT molecular complexity index is 704. The summed E-state index contributed by atoms with van der Waals surface area (Å²) in [5.74, 6) is 2.06. The lowest BCUT2D eigenvalue weighted by Gasteiger charge is -2.20. The fourth-order valence-corrected chi connectivity index (χ4v) is 2.51. The molecule has 0 saturated heterocycles. The molecule has 2 aromatic rings. The van der Waals surface area contributed by atoms with Crippen molar-refractivity contribution in [2.75, 3.05) is 19.8 Å². The van der Waals surface area contributed by atoms with Gasteiger partial charge in [-0.25, -0.2) is 0 Å². The van der Waals surface area contributed by atoms with Crippen LogP contribution < -0.4 is 14.2 Å². The molecule has 23 heavy (non-hydrogen) atoms. The van der Waals surface area contributed by atoms with Gasteiger partial charge < -0.3 is 14.2 Å². The summed E-state index contributed by atoms with van der Waals surface area (Å²) in [5.41, 5.74) is 2.13. The molecule has 0 spiro atoms. The molecule has 2 aromatic carbocycles. The second-order valence-electron chi connectivity index (χ2n) is 5.53. The van der Waals surface area contributed by atoms with Crippen molar-refractivity contribution in [3.05, 3.63) is 53.6 Å². The zero-order valence-corrected chi connectivity index (χ0v) is 13.1. The summed E-state index contributed by atoms with van der Waals surface area (Å²) in [6, 6.07) is 15.9. The molecule has 0 fully saturated rings. The SMILES string of the molecule is Cc1ccc(OCCC(C#N)c2ccc3c(c2)OCCO3)cc1. The molecule has 0 saturated carbocycles. The van der Waals surface area contributed by atoms with Crippen molar-refractivity contribution >= 4 is 0 Å². The minimum absolute atomic E-state index is 0.226. The highest BCUT2D eigenvalue weighted by atomic mass is 16.6. The Labute approximate surface area is 136 Å². The first-order chi connectivity index (χ1) is 11.3. The maximum Gasteiger partial charge on any atom is 0.161 e. The molecule has 0 amide bonds. The van der Waals surface area contributed by atoms with Crippen LogP contribution in [-0.4, -0.2) is 19.8 Å². The molecule has 1 atom stereocenters. The standard InChI is InChI=1S/C19H19NO3/c1-14-2-5-17(6-3-14)21-9-8-16(13-20)15-4-7-18-19(12-15)23-11-10-22-18/h2-7,12,16H,8-11H2,1H3. The van der Waals surface area contributed by atoms with Gasteiger partial charge in [0.1, 0.15) is 19.0 Å². The maximum atomic E-state index is 9.44. The number of aryl methyl sites for hydroxylation is 1. The highest BCUT2D eigenvalue weighted by Gasteiger charge is 2.17. The summed E-state index contributed by atoms with van der Waals surface area (Å²) in [7, 11) is 0. The van der Waals surface area contributed by atoms with Gasteiger partial charge in [0.15, 0.2) is 11.5 Å². The zero-order valence-electron chi connectivity index (χ0n) is 13.1. The number of fused-ring (bicyclic) bond motifs is 1. The Morgan fingerprint density at radius 3 is 2.57 bits per heavy atom. The molecule has 1 aliphatic rings. The van der Waals surface area contributed by atoms with Crippen molar-refractivity contribution in [2.24, 2.45) is 0 Å². The summed E-state index contributed by atoms with van der Waals surface area (Å²) in [6.07, 6.45) is 0.629. The molecule has 3 rings (SSSR count). The molecular weight excluding hydrogens is 290 g/mol. The highest BCUT2D eigenvalue weighted by molar-refractivity contribution is 5.45. The van der Waals surface area contributed by atoms with E-state index < -0.39 is 0 Å². The maximum absolute atomic E-state index is 9.44. The van der Waals surface area contributed by atoms with E-state index in [4.69, 9.17) is 14.2 Å². The summed E-state index contributed by atoms with van der Waals surface area (Å²) >= 11 is 0. The van der Waals surface area contributed by atoms with Gasteiger partial charge in [-0.05, 0) is 36.8 Å². The van der Waals surface area contributed by atoms with Crippen LogP contribution in [0, 0.1) is 18.3 Å². The van der Waals surface area contributed by atoms with Crippen LogP contribution in [0.3, 0.4) is 0 Å². The molecule has 0 N–H and O–H groups in total. The molecule has 4 nitrogen and oxygen atoms in total. The third-order valence-electron chi connectivity index (χ3n) is 3.82. The molecule has 1 heterocycles. The van der Waals surface area contributed by atoms with E-state index in [9.17, 15) is 5.26 Å². The van der Waals surface area contributed by atoms with Crippen LogP contribution >= 0.6 is 0 Å². The third kappa shape index (κ3) is 3.75. The van der Waals surface area contributed by atoms with Gasteiger partial charge in [0.2, 0.25) is 0 Å². The Morgan fingerprint density at radius 1 is 1.09 bits per heavy atom. The molecule has 1 unspecified atom stereocenters. The minimum atomic E-state index is -0.226. The van der Waals surface area contributed by atoms with E-state index in [0.29, 0.717) is 32.0 Å². The fraction of sp³-hybridized carbons (Fsp3) is 0.316. The predicted octanol–water partition coefficient (Wildman–Crippen LogP) is 3.84. The topological polar surface area (TPSA) is 51.5 Å². The number of nitriles is 1. The van der Waals surface area contributed by atoms with E-state index >= 15 is 0 Å². The number of hydrogen-bond acceptors (Lipinski definition) is 4. The molecule has 0 bridgehead atoms. The summed E-state index contributed by atoms with van der Waals surface area (Å²) in [6.45, 7) is 3.65. The van der Waals surface area contributed by atoms with Crippen LogP contribution in [0.5, 0.6) is 17.2 Å². The Balaban J connectivity index is 1.61. The quantitative estimate of drug-likeness (QED) is 0.842. The van der Waals surface area contributed by atoms with Crippen LogP contribution in [-0.2, 0) is 0 Å². The lowest BCUT2D eigenvalue weighted by molar-refractivity contribution is 0.171. The lowest BCUT2D eigenvalue weighted by atomic mass is 9.97. The van der Waals surface area contributed by atoms with Crippen LogP contribution in [0.15, 0.2) is 42.5 Å². The third-order valence-corrected chi connectivity index (χ3v) is 3.82. The normalized spacial score (nSPS) is 13.9. The lowest BCUT2D eigenvalue weighted by Crippen LogP contribution is -2.15. The van der Waals surface area contributed by atoms with E-state index in [-0.39, 0.29) is 5.92 Å². The Morgan fingerprint density at radius 2 is 1.83 bits per heavy atom. The zero-order chi connectivity index (χ0) is 16.1. The first-order valence-electron chi connectivity index (χ1n) is 7.75. The Hall–Kier alpha value is -2.67. The molecule has 4 heteroatoms. The minimum Gasteiger partial charge on any atom is -0.494 e. The van der Waals surface area contributed by atoms with Crippen molar-refractivity contribution in [1.82, 2.24) is 0 Å². The molecular formula is C19H19NO3. The van der Waals surface area contributed by atoms with Crippen molar-refractivity contribution in [2.45, 2.75) is 19.3 Å². The van der Waals surface area contributed by atoms with Gasteiger partial charge in [0.25, 0.3) is 0 Å². The molecule has 0 aliphatic carbocycles. The first-order valence-corrected chi connectivity index (χ1v) is 7.75. The molecule has 118 valence electrons. The van der Waals surface area contributed by atoms with Crippen LogP contribution in [0.4, 0.5) is 0 Å². The van der Waals surface area contributed by atoms with E-state index in [1.54, 1.807) is 0 Å². The second-order valence-corrected chi connectivity index (χ2v) is 5.53. The van der Waals surface area contributed by atoms with Gasteiger partial charge in [-0.15, -0.1) is 0 Å². The average molecular weight is 309 g/mol. The van der Waals surface area contributed by atoms with Crippen LogP contribution in [0.1, 0.15) is 23.5 Å². The van der Waals surface area contributed by atoms with Gasteiger partial charge in [0.05, 0.1) is 18.6 Å². The Kier molecular flexibility index (Phi) is 4.68. The number of benzene rings is 2. The van der Waals surface area contributed by atoms with Gasteiger partial charge in [-0.3, -0.25) is 0 Å². The fourth-order valence-electron chi connectivity index (χ4n) is 2.51. The number of nitrogens with zero attached hydrogens (tertiary/aromatic N) is 1. The largest absolute Gasteiger partial charge is 0.494 e. The monoisotopic (exact) mass is 309 g/mol. The smallest absolute Gasteiger partial charge is 0.161 e. The van der Waals surface area contributed by atoms with Crippen LogP contribution in [0.2, 0.25) is 0 Å². The van der Waals surface area contributed by atoms with E-state index in [0.717, 1.165) is 17.1 Å². The van der Waals surface area contributed by atoms with Crippen molar-refractivity contribution in [3.63, 3.8) is 0 Å². The van der Waals surface area contributed by atoms with Gasteiger partial charge in [-0.2, -0.15) is 5.26 Å². The van der Waals surface area contributed by atoms with Gasteiger partial charge in [0, 0.05) is 6.42 Å². The summed E-state index contributed by atoms with van der Waals surface area (Å²) in [5, 5.41) is 9.44. The summed E-state index contributed by atoms with van der Waals surface area (Å²) < 4.78 is 16.8. The van der Waals surface area contributed by atoms with Gasteiger partial charge in [-0.1, -0.05) is 23.8 Å². The number of rotatable bonds is 5. The molecule has 0 aromatic heterocycles. The molecule has 1 aliphatic heterocycles. The first kappa shape index (κ1) is 15.2. The van der Waals surface area contributed by atoms with Crippen molar-refractivity contribution in [3.8, 4) is 23.3 Å². The van der Waals surface area contributed by atoms with Gasteiger partial charge >= 0.3 is 0 Å². The van der Waals surface area contributed by atoms with E-state index in [2.05, 4.69) is 6.07 Å². The van der Waals surface area contributed by atoms with Crippen LogP contribution in [0.25, 0.3) is 0 Å². The van der Waals surface area contributed by atoms with E-state index in [1.165, 1.54) is 5.56 Å². The number of ether oxygens (including phenoxy) is 3. The summed E-state index contributed by atoms with van der Waals surface area (Å²) in [4.78, 5) is 0.